The zero-order chi connectivity index (χ0) is 21.7. The molecule has 2 aromatic heterocycles. The van der Waals surface area contributed by atoms with Crippen LogP contribution in [0.25, 0.3) is 22.0 Å². The van der Waals surface area contributed by atoms with Gasteiger partial charge in [0.25, 0.3) is 6.43 Å². The maximum absolute atomic E-state index is 14.0. The zero-order valence-electron chi connectivity index (χ0n) is 16.8. The second kappa shape index (κ2) is 7.23. The van der Waals surface area contributed by atoms with Gasteiger partial charge < -0.3 is 15.0 Å². The lowest BCUT2D eigenvalue weighted by molar-refractivity contribution is 0.0699. The molecular formula is C23H20F2N4O2. The van der Waals surface area contributed by atoms with Crippen molar-refractivity contribution in [2.75, 3.05) is 11.4 Å². The molecule has 6 nitrogen and oxygen atoms in total. The number of aromatic carboxylic acids is 1. The second-order valence-corrected chi connectivity index (χ2v) is 7.76. The number of nitrogens with zero attached hydrogens (tertiary/aromatic N) is 3. The molecule has 4 aromatic rings. The Morgan fingerprint density at radius 2 is 2.10 bits per heavy atom. The maximum atomic E-state index is 14.0. The third-order valence-electron chi connectivity index (χ3n) is 5.83. The summed E-state index contributed by atoms with van der Waals surface area (Å²) in [6.45, 7) is 0.667. The van der Waals surface area contributed by atoms with Crippen molar-refractivity contribution >= 4 is 28.2 Å². The van der Waals surface area contributed by atoms with Crippen molar-refractivity contribution < 1.29 is 18.7 Å². The van der Waals surface area contributed by atoms with E-state index >= 15 is 0 Å². The van der Waals surface area contributed by atoms with Gasteiger partial charge in [0.15, 0.2) is 0 Å². The van der Waals surface area contributed by atoms with Crippen molar-refractivity contribution in [1.29, 1.82) is 0 Å². The van der Waals surface area contributed by atoms with Crippen molar-refractivity contribution in [2.45, 2.75) is 19.3 Å². The molecule has 1 aliphatic heterocycles. The van der Waals surface area contributed by atoms with Crippen molar-refractivity contribution in [3.63, 3.8) is 0 Å². The molecule has 5 rings (SSSR count). The van der Waals surface area contributed by atoms with E-state index in [0.717, 1.165) is 35.3 Å². The van der Waals surface area contributed by atoms with Crippen LogP contribution in [0.1, 0.15) is 34.3 Å². The molecule has 31 heavy (non-hydrogen) atoms. The molecule has 0 spiro atoms. The summed E-state index contributed by atoms with van der Waals surface area (Å²) in [4.78, 5) is 16.5. The van der Waals surface area contributed by atoms with E-state index in [9.17, 15) is 18.7 Å². The number of carboxylic acids is 1. The summed E-state index contributed by atoms with van der Waals surface area (Å²) >= 11 is 0. The number of alkyl halides is 2. The molecule has 0 bridgehead atoms. The van der Waals surface area contributed by atoms with Gasteiger partial charge in [-0.1, -0.05) is 0 Å². The summed E-state index contributed by atoms with van der Waals surface area (Å²) in [7, 11) is 1.76. The minimum Gasteiger partial charge on any atom is -0.478 e. The molecule has 0 unspecified atom stereocenters. The average molecular weight is 422 g/mol. The van der Waals surface area contributed by atoms with Crippen LogP contribution in [0.2, 0.25) is 0 Å². The van der Waals surface area contributed by atoms with Crippen LogP contribution in [0.3, 0.4) is 0 Å². The van der Waals surface area contributed by atoms with Crippen molar-refractivity contribution in [1.82, 2.24) is 14.8 Å². The molecule has 2 N–H and O–H groups in total. The molecular weight excluding hydrogens is 402 g/mol. The van der Waals surface area contributed by atoms with Gasteiger partial charge in [-0.25, -0.2) is 13.6 Å². The van der Waals surface area contributed by atoms with E-state index < -0.39 is 12.4 Å². The van der Waals surface area contributed by atoms with Gasteiger partial charge in [0.2, 0.25) is 0 Å². The summed E-state index contributed by atoms with van der Waals surface area (Å²) in [5.41, 5.74) is 4.55. The molecule has 1 aliphatic rings. The predicted molar refractivity (Wildman–Crippen MR) is 114 cm³/mol. The van der Waals surface area contributed by atoms with Crippen LogP contribution in [0, 0.1) is 0 Å². The highest BCUT2D eigenvalue weighted by Crippen LogP contribution is 2.41. The van der Waals surface area contributed by atoms with Gasteiger partial charge >= 0.3 is 5.97 Å². The predicted octanol–water partition coefficient (Wildman–Crippen LogP) is 5.29. The molecule has 8 heteroatoms. The molecule has 2 aromatic carbocycles. The quantitative estimate of drug-likeness (QED) is 0.469. The molecule has 158 valence electrons. The summed E-state index contributed by atoms with van der Waals surface area (Å²) in [5.74, 6) is -1.01. The molecule has 0 aliphatic carbocycles. The van der Waals surface area contributed by atoms with Crippen molar-refractivity contribution in [3.05, 3.63) is 65.6 Å². The van der Waals surface area contributed by atoms with E-state index in [1.807, 2.05) is 29.2 Å². The molecule has 0 amide bonds. The number of hydrogen-bond donors (Lipinski definition) is 2. The van der Waals surface area contributed by atoms with Crippen LogP contribution >= 0.6 is 0 Å². The van der Waals surface area contributed by atoms with Gasteiger partial charge in [-0.15, -0.1) is 0 Å². The maximum Gasteiger partial charge on any atom is 0.337 e. The third kappa shape index (κ3) is 3.24. The zero-order valence-corrected chi connectivity index (χ0v) is 16.8. The summed E-state index contributed by atoms with van der Waals surface area (Å²) in [6, 6.07) is 8.93. The summed E-state index contributed by atoms with van der Waals surface area (Å²) < 4.78 is 29.6. The van der Waals surface area contributed by atoms with Crippen LogP contribution in [-0.4, -0.2) is 32.4 Å². The smallest absolute Gasteiger partial charge is 0.337 e. The fourth-order valence-corrected chi connectivity index (χ4v) is 4.36. The van der Waals surface area contributed by atoms with Gasteiger partial charge in [-0.2, -0.15) is 5.10 Å². The Kier molecular flexibility index (Phi) is 4.50. The summed E-state index contributed by atoms with van der Waals surface area (Å²) in [6.07, 6.45) is 3.83. The monoisotopic (exact) mass is 422 g/mol. The van der Waals surface area contributed by atoms with Crippen LogP contribution in [-0.2, 0) is 13.5 Å². The second-order valence-electron chi connectivity index (χ2n) is 7.76. The molecule has 0 atom stereocenters. The topological polar surface area (TPSA) is 74.2 Å². The minimum atomic E-state index is -2.63. The van der Waals surface area contributed by atoms with E-state index in [-0.39, 0.29) is 11.1 Å². The first-order valence-electron chi connectivity index (χ1n) is 9.98. The molecule has 3 heterocycles. The summed E-state index contributed by atoms with van der Waals surface area (Å²) in [5, 5.41) is 14.2. The van der Waals surface area contributed by atoms with Gasteiger partial charge in [0.05, 0.1) is 11.8 Å². The SMILES string of the molecule is Cn1cc(-c2cc3c(cc2C(F)F)N(c2ccc4[nH]cc(C(=O)O)c4c2)CCC3)cn1. The lowest BCUT2D eigenvalue weighted by atomic mass is 9.92. The lowest BCUT2D eigenvalue weighted by Crippen LogP contribution is -2.25. The normalized spacial score (nSPS) is 13.7. The number of aromatic amines is 1. The minimum absolute atomic E-state index is 0.0346. The highest BCUT2D eigenvalue weighted by Gasteiger charge is 2.25. The fourth-order valence-electron chi connectivity index (χ4n) is 4.36. The molecule has 0 saturated heterocycles. The number of fused-ring (bicyclic) bond motifs is 2. The molecule has 0 radical (unpaired) electrons. The van der Waals surface area contributed by atoms with Crippen LogP contribution in [0.4, 0.5) is 20.2 Å². The number of halogens is 2. The van der Waals surface area contributed by atoms with Crippen molar-refractivity contribution in [2.24, 2.45) is 7.05 Å². The van der Waals surface area contributed by atoms with E-state index in [1.54, 1.807) is 30.2 Å². The van der Waals surface area contributed by atoms with E-state index in [1.165, 1.54) is 6.20 Å². The van der Waals surface area contributed by atoms with Crippen molar-refractivity contribution in [3.8, 4) is 11.1 Å². The lowest BCUT2D eigenvalue weighted by Gasteiger charge is -2.32. The number of aryl methyl sites for hydroxylation is 2. The van der Waals surface area contributed by atoms with Gasteiger partial charge in [0.1, 0.15) is 0 Å². The van der Waals surface area contributed by atoms with Gasteiger partial charge in [-0.3, -0.25) is 4.68 Å². The van der Waals surface area contributed by atoms with E-state index in [0.29, 0.717) is 23.1 Å². The standard InChI is InChI=1S/C23H20F2N4O2/c1-28-12-14(10-27-28)16-7-13-3-2-6-29(21(13)9-18(16)22(24)25)15-4-5-20-17(8-15)19(11-26-20)23(30)31/h4-5,7-12,22,26H,2-3,6H2,1H3,(H,30,31). The first-order chi connectivity index (χ1) is 14.9. The number of benzene rings is 2. The number of H-pyrrole nitrogens is 1. The molecule has 0 fully saturated rings. The first kappa shape index (κ1) is 19.3. The van der Waals surface area contributed by atoms with E-state index in [4.69, 9.17) is 0 Å². The highest BCUT2D eigenvalue weighted by atomic mass is 19.3. The van der Waals surface area contributed by atoms with Crippen LogP contribution < -0.4 is 4.90 Å². The number of carboxylic acid groups (broad SMARTS) is 1. The number of nitrogens with one attached hydrogen (secondary N) is 1. The van der Waals surface area contributed by atoms with Gasteiger partial charge in [-0.05, 0) is 54.3 Å². The van der Waals surface area contributed by atoms with Crippen LogP contribution in [0.15, 0.2) is 48.9 Å². The highest BCUT2D eigenvalue weighted by molar-refractivity contribution is 6.04. The number of carbonyl (C=O) groups is 1. The Bertz CT molecular complexity index is 1310. The molecule has 0 saturated carbocycles. The van der Waals surface area contributed by atoms with Crippen LogP contribution in [0.5, 0.6) is 0 Å². The van der Waals surface area contributed by atoms with E-state index in [2.05, 4.69) is 10.1 Å². The largest absolute Gasteiger partial charge is 0.478 e. The third-order valence-corrected chi connectivity index (χ3v) is 5.83. The average Bonchev–Trinajstić information content (AvgIpc) is 3.38. The number of rotatable bonds is 4. The Morgan fingerprint density at radius 3 is 2.81 bits per heavy atom. The fraction of sp³-hybridized carbons (Fsp3) is 0.217. The first-order valence-corrected chi connectivity index (χ1v) is 9.98. The Hall–Kier alpha value is -3.68. The Labute approximate surface area is 176 Å². The Balaban J connectivity index is 1.65. The number of aromatic nitrogens is 3. The Morgan fingerprint density at radius 1 is 1.26 bits per heavy atom. The number of hydrogen-bond acceptors (Lipinski definition) is 3. The number of anilines is 2. The van der Waals surface area contributed by atoms with Gasteiger partial charge in [0, 0.05) is 59.4 Å².